The number of carbonyl (C=O) groups is 1. The summed E-state index contributed by atoms with van der Waals surface area (Å²) in [5.41, 5.74) is 1.89. The van der Waals surface area contributed by atoms with Crippen LogP contribution in [0.3, 0.4) is 0 Å². The maximum absolute atomic E-state index is 12.4. The number of thiazole rings is 1. The first kappa shape index (κ1) is 14.5. The summed E-state index contributed by atoms with van der Waals surface area (Å²) in [6, 6.07) is 19.5. The molecule has 2 aromatic carbocycles. The molecule has 22 heavy (non-hydrogen) atoms. The van der Waals surface area contributed by atoms with Crippen molar-refractivity contribution in [3.63, 3.8) is 0 Å². The van der Waals surface area contributed by atoms with Crippen molar-refractivity contribution in [2.75, 3.05) is 0 Å². The van der Waals surface area contributed by atoms with Crippen molar-refractivity contribution in [3.05, 3.63) is 87.9 Å². The number of nitrogens with zero attached hydrogens (tertiary/aromatic N) is 1. The molecule has 0 bridgehead atoms. The first-order valence-corrected chi connectivity index (χ1v) is 7.79. The molecule has 3 rings (SSSR count). The molecule has 0 amide bonds. The van der Waals surface area contributed by atoms with Gasteiger partial charge < -0.3 is 4.74 Å². The van der Waals surface area contributed by atoms with E-state index in [4.69, 9.17) is 4.74 Å². The van der Waals surface area contributed by atoms with Crippen LogP contribution in [0.4, 0.5) is 0 Å². The Hall–Kier alpha value is -2.46. The molecule has 0 radical (unpaired) electrons. The van der Waals surface area contributed by atoms with Crippen molar-refractivity contribution in [2.24, 2.45) is 0 Å². The number of hydrogen-bond donors (Lipinski definition) is 0. The number of aromatic nitrogens is 1. The van der Waals surface area contributed by atoms with E-state index >= 15 is 0 Å². The maximum Gasteiger partial charge on any atom is 0.350 e. The van der Waals surface area contributed by atoms with Crippen LogP contribution in [0.2, 0.25) is 0 Å². The van der Waals surface area contributed by atoms with Gasteiger partial charge in [-0.15, -0.1) is 11.3 Å². The van der Waals surface area contributed by atoms with Crippen LogP contribution in [0, 0.1) is 6.92 Å². The van der Waals surface area contributed by atoms with Gasteiger partial charge in [0.15, 0.2) is 6.10 Å². The number of rotatable bonds is 4. The fraction of sp³-hybridized carbons (Fsp3) is 0.111. The Morgan fingerprint density at radius 2 is 1.55 bits per heavy atom. The van der Waals surface area contributed by atoms with Gasteiger partial charge in [-0.05, 0) is 18.1 Å². The maximum atomic E-state index is 12.4. The normalized spacial score (nSPS) is 10.6. The number of carbonyl (C=O) groups excluding carboxylic acids is 1. The summed E-state index contributed by atoms with van der Waals surface area (Å²) in [7, 11) is 0. The van der Waals surface area contributed by atoms with Crippen LogP contribution in [0.1, 0.15) is 31.9 Å². The average molecular weight is 309 g/mol. The third-order valence-electron chi connectivity index (χ3n) is 3.25. The standard InChI is InChI=1S/C18H15NO2S/c1-13-19-12-16(22-13)18(20)21-17(14-8-4-2-5-9-14)15-10-6-3-7-11-15/h2-12,17H,1H3. The van der Waals surface area contributed by atoms with Crippen molar-refractivity contribution in [1.82, 2.24) is 4.98 Å². The molecule has 110 valence electrons. The van der Waals surface area contributed by atoms with E-state index < -0.39 is 6.10 Å². The molecule has 1 heterocycles. The lowest BCUT2D eigenvalue weighted by atomic mass is 10.0. The van der Waals surface area contributed by atoms with Crippen molar-refractivity contribution >= 4 is 17.3 Å². The Kier molecular flexibility index (Phi) is 4.30. The highest BCUT2D eigenvalue weighted by atomic mass is 32.1. The number of aryl methyl sites for hydroxylation is 1. The molecule has 0 fully saturated rings. The molecule has 3 nitrogen and oxygen atoms in total. The summed E-state index contributed by atoms with van der Waals surface area (Å²) >= 11 is 1.34. The molecular formula is C18H15NO2S. The first-order valence-electron chi connectivity index (χ1n) is 6.97. The minimum Gasteiger partial charge on any atom is -0.448 e. The summed E-state index contributed by atoms with van der Waals surface area (Å²) in [6.07, 6.45) is 1.15. The van der Waals surface area contributed by atoms with Crippen molar-refractivity contribution in [3.8, 4) is 0 Å². The van der Waals surface area contributed by atoms with Gasteiger partial charge in [0.25, 0.3) is 0 Å². The molecule has 0 aliphatic carbocycles. The lowest BCUT2D eigenvalue weighted by Crippen LogP contribution is -2.12. The minimum absolute atomic E-state index is 0.344. The van der Waals surface area contributed by atoms with Gasteiger partial charge in [-0.1, -0.05) is 60.7 Å². The van der Waals surface area contributed by atoms with Gasteiger partial charge in [0.1, 0.15) is 4.88 Å². The zero-order valence-corrected chi connectivity index (χ0v) is 12.9. The molecule has 1 aromatic heterocycles. The zero-order valence-electron chi connectivity index (χ0n) is 12.1. The van der Waals surface area contributed by atoms with Crippen LogP contribution in [-0.2, 0) is 4.74 Å². The average Bonchev–Trinajstić information content (AvgIpc) is 3.01. The third kappa shape index (κ3) is 3.23. The highest BCUT2D eigenvalue weighted by Gasteiger charge is 2.21. The topological polar surface area (TPSA) is 39.2 Å². The van der Waals surface area contributed by atoms with E-state index in [0.29, 0.717) is 4.88 Å². The molecule has 0 aliphatic rings. The second-order valence-corrected chi connectivity index (χ2v) is 6.09. The van der Waals surface area contributed by atoms with Gasteiger partial charge in [-0.25, -0.2) is 9.78 Å². The highest BCUT2D eigenvalue weighted by molar-refractivity contribution is 7.13. The largest absolute Gasteiger partial charge is 0.448 e. The summed E-state index contributed by atoms with van der Waals surface area (Å²) in [4.78, 5) is 17.0. The lowest BCUT2D eigenvalue weighted by Gasteiger charge is -2.18. The van der Waals surface area contributed by atoms with Crippen LogP contribution < -0.4 is 0 Å². The van der Waals surface area contributed by atoms with Crippen LogP contribution in [-0.4, -0.2) is 11.0 Å². The van der Waals surface area contributed by atoms with Gasteiger partial charge in [0, 0.05) is 0 Å². The van der Waals surface area contributed by atoms with Crippen LogP contribution in [0.5, 0.6) is 0 Å². The van der Waals surface area contributed by atoms with Gasteiger partial charge in [-0.3, -0.25) is 0 Å². The second-order valence-electron chi connectivity index (χ2n) is 4.85. The summed E-state index contributed by atoms with van der Waals surface area (Å²) in [5.74, 6) is -0.344. The molecule has 0 spiro atoms. The molecule has 0 saturated carbocycles. The Morgan fingerprint density at radius 1 is 1.00 bits per heavy atom. The summed E-state index contributed by atoms with van der Waals surface area (Å²) < 4.78 is 5.75. The Balaban J connectivity index is 1.91. The molecule has 0 unspecified atom stereocenters. The van der Waals surface area contributed by atoms with Gasteiger partial charge >= 0.3 is 5.97 Å². The Labute approximate surface area is 133 Å². The van der Waals surface area contributed by atoms with Crippen LogP contribution >= 0.6 is 11.3 Å². The SMILES string of the molecule is Cc1ncc(C(=O)OC(c2ccccc2)c2ccccc2)s1. The third-order valence-corrected chi connectivity index (χ3v) is 4.14. The van der Waals surface area contributed by atoms with Gasteiger partial charge in [0.05, 0.1) is 11.2 Å². The van der Waals surface area contributed by atoms with E-state index in [1.54, 1.807) is 6.20 Å². The van der Waals surface area contributed by atoms with E-state index in [1.165, 1.54) is 11.3 Å². The van der Waals surface area contributed by atoms with E-state index in [-0.39, 0.29) is 5.97 Å². The fourth-order valence-corrected chi connectivity index (χ4v) is 2.87. The Bertz CT molecular complexity index is 714. The Morgan fingerprint density at radius 3 is 2.00 bits per heavy atom. The highest BCUT2D eigenvalue weighted by Crippen LogP contribution is 2.27. The smallest absolute Gasteiger partial charge is 0.350 e. The molecule has 4 heteroatoms. The number of esters is 1. The molecule has 0 aliphatic heterocycles. The van der Waals surface area contributed by atoms with E-state index in [0.717, 1.165) is 16.1 Å². The predicted octanol–water partition coefficient (Wildman–Crippen LogP) is 4.40. The van der Waals surface area contributed by atoms with Crippen LogP contribution in [0.15, 0.2) is 66.9 Å². The molecular weight excluding hydrogens is 294 g/mol. The van der Waals surface area contributed by atoms with Gasteiger partial charge in [0.2, 0.25) is 0 Å². The van der Waals surface area contributed by atoms with Gasteiger partial charge in [-0.2, -0.15) is 0 Å². The first-order chi connectivity index (χ1) is 10.7. The van der Waals surface area contributed by atoms with E-state index in [9.17, 15) is 4.79 Å². The quantitative estimate of drug-likeness (QED) is 0.671. The fourth-order valence-electron chi connectivity index (χ4n) is 2.21. The molecule has 3 aromatic rings. The second kappa shape index (κ2) is 6.54. The van der Waals surface area contributed by atoms with E-state index in [1.807, 2.05) is 67.6 Å². The molecule has 0 atom stereocenters. The zero-order chi connectivity index (χ0) is 15.4. The molecule has 0 N–H and O–H groups in total. The molecule has 0 saturated heterocycles. The summed E-state index contributed by atoms with van der Waals surface area (Å²) in [5, 5.41) is 0.850. The van der Waals surface area contributed by atoms with Crippen molar-refractivity contribution in [1.29, 1.82) is 0 Å². The summed E-state index contributed by atoms with van der Waals surface area (Å²) in [6.45, 7) is 1.87. The monoisotopic (exact) mass is 309 g/mol. The predicted molar refractivity (Wildman–Crippen MR) is 87.0 cm³/mol. The van der Waals surface area contributed by atoms with Crippen molar-refractivity contribution in [2.45, 2.75) is 13.0 Å². The van der Waals surface area contributed by atoms with Crippen molar-refractivity contribution < 1.29 is 9.53 Å². The number of hydrogen-bond acceptors (Lipinski definition) is 4. The number of ether oxygens (including phenoxy) is 1. The van der Waals surface area contributed by atoms with Crippen LogP contribution in [0.25, 0.3) is 0 Å². The number of benzene rings is 2. The van der Waals surface area contributed by atoms with E-state index in [2.05, 4.69) is 4.98 Å². The minimum atomic E-state index is -0.419. The lowest BCUT2D eigenvalue weighted by molar-refractivity contribution is 0.0383.